The molecule has 0 heterocycles. The van der Waals surface area contributed by atoms with Crippen LogP contribution >= 0.6 is 11.6 Å². The third-order valence-corrected chi connectivity index (χ3v) is 2.28. The summed E-state index contributed by atoms with van der Waals surface area (Å²) in [6, 6.07) is 3.48. The van der Waals surface area contributed by atoms with E-state index >= 15 is 0 Å². The molecule has 1 atom stereocenters. The third-order valence-electron chi connectivity index (χ3n) is 1.93. The zero-order valence-corrected chi connectivity index (χ0v) is 8.47. The molecule has 3 heteroatoms. The summed E-state index contributed by atoms with van der Waals surface area (Å²) in [7, 11) is 0. The van der Waals surface area contributed by atoms with Crippen LogP contribution in [0.1, 0.15) is 18.1 Å². The van der Waals surface area contributed by atoms with E-state index in [0.717, 1.165) is 5.56 Å². The van der Waals surface area contributed by atoms with Gasteiger partial charge in [0.25, 0.3) is 0 Å². The summed E-state index contributed by atoms with van der Waals surface area (Å²) < 4.78 is 0. The lowest BCUT2D eigenvalue weighted by Gasteiger charge is -2.10. The van der Waals surface area contributed by atoms with Gasteiger partial charge in [-0.15, -0.1) is 0 Å². The van der Waals surface area contributed by atoms with Gasteiger partial charge in [-0.05, 0) is 25.5 Å². The van der Waals surface area contributed by atoms with Crippen LogP contribution in [0.3, 0.4) is 0 Å². The summed E-state index contributed by atoms with van der Waals surface area (Å²) in [5.74, 6) is 0.188. The first kappa shape index (κ1) is 10.4. The Morgan fingerprint density at radius 2 is 2.08 bits per heavy atom. The monoisotopic (exact) mass is 200 g/mol. The third kappa shape index (κ3) is 2.36. The van der Waals surface area contributed by atoms with Crippen molar-refractivity contribution in [1.82, 2.24) is 0 Å². The molecule has 0 fully saturated rings. The van der Waals surface area contributed by atoms with Gasteiger partial charge in [0.2, 0.25) is 0 Å². The van der Waals surface area contributed by atoms with Crippen molar-refractivity contribution in [3.8, 4) is 5.75 Å². The maximum absolute atomic E-state index is 9.63. The predicted molar refractivity (Wildman–Crippen MR) is 53.2 cm³/mol. The fourth-order valence-corrected chi connectivity index (χ4v) is 1.45. The molecule has 0 bridgehead atoms. The highest BCUT2D eigenvalue weighted by molar-refractivity contribution is 6.31. The largest absolute Gasteiger partial charge is 0.507 e. The van der Waals surface area contributed by atoms with E-state index in [9.17, 15) is 10.2 Å². The topological polar surface area (TPSA) is 40.5 Å². The number of rotatable bonds is 2. The number of phenolic OH excluding ortho intramolecular Hbond substituents is 1. The van der Waals surface area contributed by atoms with E-state index in [0.29, 0.717) is 17.0 Å². The van der Waals surface area contributed by atoms with E-state index < -0.39 is 6.10 Å². The average molecular weight is 201 g/mol. The van der Waals surface area contributed by atoms with Gasteiger partial charge >= 0.3 is 0 Å². The number of aliphatic hydroxyl groups is 1. The van der Waals surface area contributed by atoms with Gasteiger partial charge in [-0.2, -0.15) is 0 Å². The Labute approximate surface area is 82.8 Å². The van der Waals surface area contributed by atoms with E-state index in [1.165, 1.54) is 0 Å². The van der Waals surface area contributed by atoms with Crippen molar-refractivity contribution in [2.24, 2.45) is 0 Å². The maximum Gasteiger partial charge on any atom is 0.123 e. The van der Waals surface area contributed by atoms with Crippen LogP contribution < -0.4 is 0 Å². The number of halogens is 1. The maximum atomic E-state index is 9.63. The van der Waals surface area contributed by atoms with E-state index in [1.807, 2.05) is 0 Å². The van der Waals surface area contributed by atoms with Crippen molar-refractivity contribution in [2.45, 2.75) is 26.4 Å². The van der Waals surface area contributed by atoms with Crippen LogP contribution in [0.25, 0.3) is 0 Å². The Hall–Kier alpha value is -0.730. The van der Waals surface area contributed by atoms with Gasteiger partial charge in [0.1, 0.15) is 5.75 Å². The van der Waals surface area contributed by atoms with Crippen molar-refractivity contribution < 1.29 is 10.2 Å². The summed E-state index contributed by atoms with van der Waals surface area (Å²) in [5.41, 5.74) is 1.40. The minimum atomic E-state index is -0.495. The van der Waals surface area contributed by atoms with Crippen LogP contribution in [-0.2, 0) is 6.42 Å². The van der Waals surface area contributed by atoms with Gasteiger partial charge in [-0.1, -0.05) is 17.7 Å². The molecule has 0 amide bonds. The number of aliphatic hydroxyl groups excluding tert-OH is 1. The molecule has 0 aliphatic rings. The van der Waals surface area contributed by atoms with E-state index in [2.05, 4.69) is 0 Å². The molecule has 0 saturated carbocycles. The minimum Gasteiger partial charge on any atom is -0.507 e. The Morgan fingerprint density at radius 3 is 2.62 bits per heavy atom. The molecule has 0 aliphatic heterocycles. The quantitative estimate of drug-likeness (QED) is 0.769. The lowest BCUT2D eigenvalue weighted by Crippen LogP contribution is -2.05. The van der Waals surface area contributed by atoms with E-state index in [4.69, 9.17) is 11.6 Å². The number of hydrogen-bond acceptors (Lipinski definition) is 2. The fourth-order valence-electron chi connectivity index (χ4n) is 1.22. The van der Waals surface area contributed by atoms with Gasteiger partial charge in [-0.3, -0.25) is 0 Å². The van der Waals surface area contributed by atoms with E-state index in [-0.39, 0.29) is 5.75 Å². The summed E-state index contributed by atoms with van der Waals surface area (Å²) in [6.45, 7) is 3.47. The second kappa shape index (κ2) is 3.99. The van der Waals surface area contributed by atoms with Crippen molar-refractivity contribution in [3.05, 3.63) is 28.3 Å². The molecule has 1 aromatic carbocycles. The van der Waals surface area contributed by atoms with Crippen LogP contribution in [0.5, 0.6) is 5.75 Å². The zero-order chi connectivity index (χ0) is 10.0. The summed E-state index contributed by atoms with van der Waals surface area (Å²) >= 11 is 5.87. The van der Waals surface area contributed by atoms with E-state index in [1.54, 1.807) is 26.0 Å². The summed E-state index contributed by atoms with van der Waals surface area (Å²) in [4.78, 5) is 0. The number of hydrogen-bond donors (Lipinski definition) is 2. The molecular weight excluding hydrogens is 188 g/mol. The minimum absolute atomic E-state index is 0.188. The highest BCUT2D eigenvalue weighted by atomic mass is 35.5. The van der Waals surface area contributed by atoms with Crippen molar-refractivity contribution >= 4 is 11.6 Å². The van der Waals surface area contributed by atoms with Crippen molar-refractivity contribution in [1.29, 1.82) is 0 Å². The lowest BCUT2D eigenvalue weighted by atomic mass is 10.0. The van der Waals surface area contributed by atoms with Gasteiger partial charge in [-0.25, -0.2) is 0 Å². The molecule has 72 valence electrons. The molecule has 13 heavy (non-hydrogen) atoms. The van der Waals surface area contributed by atoms with Crippen LogP contribution in [-0.4, -0.2) is 16.3 Å². The summed E-state index contributed by atoms with van der Waals surface area (Å²) in [6.07, 6.45) is -0.114. The second-order valence-electron chi connectivity index (χ2n) is 3.24. The average Bonchev–Trinajstić information content (AvgIpc) is 2.05. The smallest absolute Gasteiger partial charge is 0.123 e. The normalized spacial score (nSPS) is 12.9. The molecule has 2 N–H and O–H groups in total. The van der Waals surface area contributed by atoms with Crippen LogP contribution in [0.4, 0.5) is 0 Å². The zero-order valence-electron chi connectivity index (χ0n) is 7.71. The first-order valence-corrected chi connectivity index (χ1v) is 4.55. The molecule has 0 radical (unpaired) electrons. The number of aryl methyl sites for hydroxylation is 1. The van der Waals surface area contributed by atoms with Crippen LogP contribution in [0.15, 0.2) is 12.1 Å². The van der Waals surface area contributed by atoms with Crippen molar-refractivity contribution in [2.75, 3.05) is 0 Å². The first-order valence-electron chi connectivity index (χ1n) is 4.17. The molecule has 1 rings (SSSR count). The Morgan fingerprint density at radius 1 is 1.46 bits per heavy atom. The molecule has 0 saturated heterocycles. The van der Waals surface area contributed by atoms with Gasteiger partial charge in [0, 0.05) is 17.0 Å². The molecule has 0 spiro atoms. The fraction of sp³-hybridized carbons (Fsp3) is 0.400. The standard InChI is InChI=1S/C10H13ClO2/c1-6-3-4-9(11)8(10(6)13)5-7(2)12/h3-4,7,12-13H,5H2,1-2H3. The Balaban J connectivity index is 3.10. The molecular formula is C10H13ClO2. The van der Waals surface area contributed by atoms with Gasteiger partial charge in [0.05, 0.1) is 6.10 Å². The number of phenols is 1. The molecule has 2 nitrogen and oxygen atoms in total. The van der Waals surface area contributed by atoms with Crippen LogP contribution in [0.2, 0.25) is 5.02 Å². The molecule has 0 aliphatic carbocycles. The summed E-state index contributed by atoms with van der Waals surface area (Å²) in [5, 5.41) is 19.3. The number of aromatic hydroxyl groups is 1. The second-order valence-corrected chi connectivity index (χ2v) is 3.65. The van der Waals surface area contributed by atoms with Gasteiger partial charge in [0.15, 0.2) is 0 Å². The number of benzene rings is 1. The molecule has 1 unspecified atom stereocenters. The molecule has 1 aromatic rings. The predicted octanol–water partition coefficient (Wildman–Crippen LogP) is 2.28. The first-order chi connectivity index (χ1) is 6.02. The SMILES string of the molecule is Cc1ccc(Cl)c(CC(C)O)c1O. The molecule has 0 aromatic heterocycles. The lowest BCUT2D eigenvalue weighted by molar-refractivity contribution is 0.194. The van der Waals surface area contributed by atoms with Crippen LogP contribution in [0, 0.1) is 6.92 Å². The highest BCUT2D eigenvalue weighted by Gasteiger charge is 2.10. The van der Waals surface area contributed by atoms with Crippen molar-refractivity contribution in [3.63, 3.8) is 0 Å². The highest BCUT2D eigenvalue weighted by Crippen LogP contribution is 2.29. The Bertz CT molecular complexity index is 308. The van der Waals surface area contributed by atoms with Gasteiger partial charge < -0.3 is 10.2 Å². The Kier molecular flexibility index (Phi) is 3.17.